The van der Waals surface area contributed by atoms with E-state index in [0.717, 1.165) is 5.69 Å². The largest absolute Gasteiger partial charge is 0.325 e. The highest BCUT2D eigenvalue weighted by Gasteiger charge is 2.14. The lowest BCUT2D eigenvalue weighted by Gasteiger charge is -2.15. The average Bonchev–Trinajstić information content (AvgIpc) is 2.53. The topological polar surface area (TPSA) is 72.7 Å². The van der Waals surface area contributed by atoms with Crippen LogP contribution in [0.3, 0.4) is 0 Å². The molecule has 7 heteroatoms. The van der Waals surface area contributed by atoms with Crippen molar-refractivity contribution in [3.63, 3.8) is 0 Å². The zero-order chi connectivity index (χ0) is 16.4. The SMILES string of the molecule is CC(C)Cn1c(Nc2ccc(Cl)cc2)nc2nccnc2c1=O. The van der Waals surface area contributed by atoms with E-state index in [0.29, 0.717) is 23.2 Å². The van der Waals surface area contributed by atoms with Gasteiger partial charge in [0.2, 0.25) is 5.95 Å². The van der Waals surface area contributed by atoms with E-state index in [1.54, 1.807) is 16.7 Å². The molecule has 3 rings (SSSR count). The van der Waals surface area contributed by atoms with Gasteiger partial charge in [-0.1, -0.05) is 25.4 Å². The standard InChI is InChI=1S/C16H16ClN5O/c1-10(2)9-22-15(23)13-14(19-8-7-18-13)21-16(22)20-12-5-3-11(17)4-6-12/h3-8,10H,9H2,1-2H3,(H,19,20,21). The molecule has 23 heavy (non-hydrogen) atoms. The molecule has 0 saturated carbocycles. The minimum Gasteiger partial charge on any atom is -0.325 e. The maximum Gasteiger partial charge on any atom is 0.283 e. The second kappa shape index (κ2) is 6.34. The number of aromatic nitrogens is 4. The van der Waals surface area contributed by atoms with Crippen molar-refractivity contribution < 1.29 is 0 Å². The van der Waals surface area contributed by atoms with Crippen LogP contribution in [0.25, 0.3) is 11.2 Å². The highest BCUT2D eigenvalue weighted by Crippen LogP contribution is 2.18. The smallest absolute Gasteiger partial charge is 0.283 e. The molecule has 1 aromatic carbocycles. The fraction of sp³-hybridized carbons (Fsp3) is 0.250. The Morgan fingerprint density at radius 1 is 1.17 bits per heavy atom. The number of anilines is 2. The second-order valence-corrected chi connectivity index (χ2v) is 6.04. The van der Waals surface area contributed by atoms with E-state index in [2.05, 4.69) is 20.3 Å². The summed E-state index contributed by atoms with van der Waals surface area (Å²) in [5.74, 6) is 0.730. The van der Waals surface area contributed by atoms with Crippen LogP contribution in [0.5, 0.6) is 0 Å². The molecule has 3 aromatic rings. The number of hydrogen-bond acceptors (Lipinski definition) is 5. The van der Waals surface area contributed by atoms with Crippen LogP contribution in [0.15, 0.2) is 41.5 Å². The molecule has 2 aromatic heterocycles. The van der Waals surface area contributed by atoms with Crippen molar-refractivity contribution in [2.24, 2.45) is 5.92 Å². The number of hydrogen-bond donors (Lipinski definition) is 1. The van der Waals surface area contributed by atoms with Gasteiger partial charge in [0.25, 0.3) is 5.56 Å². The first kappa shape index (κ1) is 15.4. The van der Waals surface area contributed by atoms with E-state index in [-0.39, 0.29) is 17.0 Å². The highest BCUT2D eigenvalue weighted by molar-refractivity contribution is 6.30. The molecule has 0 aliphatic heterocycles. The first-order valence-corrected chi connectivity index (χ1v) is 7.66. The Bertz CT molecular complexity index is 889. The molecule has 0 spiro atoms. The Balaban J connectivity index is 2.13. The molecule has 0 radical (unpaired) electrons. The van der Waals surface area contributed by atoms with E-state index in [1.807, 2.05) is 26.0 Å². The Morgan fingerprint density at radius 2 is 1.87 bits per heavy atom. The van der Waals surface area contributed by atoms with Gasteiger partial charge in [0, 0.05) is 29.6 Å². The molecule has 0 aliphatic rings. The van der Waals surface area contributed by atoms with Gasteiger partial charge in [0.05, 0.1) is 0 Å². The molecular weight excluding hydrogens is 314 g/mol. The molecule has 118 valence electrons. The zero-order valence-electron chi connectivity index (χ0n) is 12.8. The Morgan fingerprint density at radius 3 is 2.57 bits per heavy atom. The molecule has 1 N–H and O–H groups in total. The maximum absolute atomic E-state index is 12.7. The number of benzene rings is 1. The van der Waals surface area contributed by atoms with Crippen LogP contribution in [-0.4, -0.2) is 19.5 Å². The van der Waals surface area contributed by atoms with Crippen LogP contribution in [0.4, 0.5) is 11.6 Å². The van der Waals surface area contributed by atoms with Gasteiger partial charge in [-0.05, 0) is 30.2 Å². The lowest BCUT2D eigenvalue weighted by molar-refractivity contribution is 0.513. The zero-order valence-corrected chi connectivity index (χ0v) is 13.6. The van der Waals surface area contributed by atoms with Crippen LogP contribution < -0.4 is 10.9 Å². The van der Waals surface area contributed by atoms with E-state index in [4.69, 9.17) is 11.6 Å². The quantitative estimate of drug-likeness (QED) is 0.795. The van der Waals surface area contributed by atoms with Crippen LogP contribution in [-0.2, 0) is 6.54 Å². The summed E-state index contributed by atoms with van der Waals surface area (Å²) in [6.45, 7) is 4.62. The van der Waals surface area contributed by atoms with Gasteiger partial charge in [0.1, 0.15) is 0 Å². The summed E-state index contributed by atoms with van der Waals surface area (Å²) in [7, 11) is 0. The summed E-state index contributed by atoms with van der Waals surface area (Å²) < 4.78 is 1.59. The lowest BCUT2D eigenvalue weighted by Crippen LogP contribution is -2.27. The molecule has 0 bridgehead atoms. The first-order chi connectivity index (χ1) is 11.0. The monoisotopic (exact) mass is 329 g/mol. The first-order valence-electron chi connectivity index (χ1n) is 7.29. The van der Waals surface area contributed by atoms with Gasteiger partial charge in [-0.15, -0.1) is 0 Å². The van der Waals surface area contributed by atoms with E-state index < -0.39 is 0 Å². The third kappa shape index (κ3) is 3.32. The molecule has 0 fully saturated rings. The number of fused-ring (bicyclic) bond motifs is 1. The summed E-state index contributed by atoms with van der Waals surface area (Å²) in [5.41, 5.74) is 1.19. The molecule has 6 nitrogen and oxygen atoms in total. The molecule has 0 aliphatic carbocycles. The summed E-state index contributed by atoms with van der Waals surface area (Å²) in [5, 5.41) is 3.81. The van der Waals surface area contributed by atoms with Gasteiger partial charge in [0.15, 0.2) is 11.2 Å². The van der Waals surface area contributed by atoms with Crippen molar-refractivity contribution in [2.75, 3.05) is 5.32 Å². The van der Waals surface area contributed by atoms with Crippen molar-refractivity contribution in [3.05, 3.63) is 52.0 Å². The van der Waals surface area contributed by atoms with Gasteiger partial charge in [-0.25, -0.2) is 9.97 Å². The third-order valence-corrected chi connectivity index (χ3v) is 3.49. The fourth-order valence-corrected chi connectivity index (χ4v) is 2.37. The van der Waals surface area contributed by atoms with Crippen molar-refractivity contribution >= 4 is 34.4 Å². The number of nitrogens with one attached hydrogen (secondary N) is 1. The lowest BCUT2D eigenvalue weighted by atomic mass is 10.2. The predicted molar refractivity (Wildman–Crippen MR) is 91.2 cm³/mol. The molecular formula is C16H16ClN5O. The summed E-state index contributed by atoms with van der Waals surface area (Å²) in [6, 6.07) is 7.20. The van der Waals surface area contributed by atoms with E-state index in [9.17, 15) is 4.79 Å². The molecule has 0 saturated heterocycles. The van der Waals surface area contributed by atoms with E-state index in [1.165, 1.54) is 12.4 Å². The van der Waals surface area contributed by atoms with E-state index >= 15 is 0 Å². The van der Waals surface area contributed by atoms with Crippen LogP contribution in [0, 0.1) is 5.92 Å². The second-order valence-electron chi connectivity index (χ2n) is 5.61. The molecule has 2 heterocycles. The maximum atomic E-state index is 12.7. The summed E-state index contributed by atoms with van der Waals surface area (Å²) in [4.78, 5) is 25.4. The van der Waals surface area contributed by atoms with Gasteiger partial charge in [-0.3, -0.25) is 9.36 Å². The predicted octanol–water partition coefficient (Wildman–Crippen LogP) is 3.24. The van der Waals surface area contributed by atoms with Gasteiger partial charge < -0.3 is 5.32 Å². The molecule has 0 unspecified atom stereocenters. The third-order valence-electron chi connectivity index (χ3n) is 3.24. The van der Waals surface area contributed by atoms with Crippen molar-refractivity contribution in [1.82, 2.24) is 19.5 Å². The van der Waals surface area contributed by atoms with Crippen molar-refractivity contribution in [2.45, 2.75) is 20.4 Å². The Labute approximate surface area is 138 Å². The van der Waals surface area contributed by atoms with Crippen molar-refractivity contribution in [1.29, 1.82) is 0 Å². The van der Waals surface area contributed by atoms with Crippen LogP contribution >= 0.6 is 11.6 Å². The average molecular weight is 330 g/mol. The minimum absolute atomic E-state index is 0.201. The number of halogens is 1. The highest BCUT2D eigenvalue weighted by atomic mass is 35.5. The van der Waals surface area contributed by atoms with Crippen LogP contribution in [0.2, 0.25) is 5.02 Å². The summed E-state index contributed by atoms with van der Waals surface area (Å²) in [6.07, 6.45) is 3.02. The minimum atomic E-state index is -0.201. The fourth-order valence-electron chi connectivity index (χ4n) is 2.24. The number of rotatable bonds is 4. The van der Waals surface area contributed by atoms with Crippen molar-refractivity contribution in [3.8, 4) is 0 Å². The summed E-state index contributed by atoms with van der Waals surface area (Å²) >= 11 is 5.90. The normalized spacial score (nSPS) is 11.1. The van der Waals surface area contributed by atoms with Gasteiger partial charge >= 0.3 is 0 Å². The van der Waals surface area contributed by atoms with Gasteiger partial charge in [-0.2, -0.15) is 4.98 Å². The Hall–Kier alpha value is -2.47. The van der Waals surface area contributed by atoms with Crippen LogP contribution in [0.1, 0.15) is 13.8 Å². The number of nitrogens with zero attached hydrogens (tertiary/aromatic N) is 4. The molecule has 0 amide bonds. The molecule has 0 atom stereocenters. The Kier molecular flexibility index (Phi) is 4.25.